The first-order chi connectivity index (χ1) is 13.8. The molecule has 2 amide bonds. The van der Waals surface area contributed by atoms with Gasteiger partial charge in [0.1, 0.15) is 11.3 Å². The Bertz CT molecular complexity index is 1020. The number of amides is 2. The van der Waals surface area contributed by atoms with Crippen molar-refractivity contribution >= 4 is 56.8 Å². The summed E-state index contributed by atoms with van der Waals surface area (Å²) in [4.78, 5) is 26.7. The summed E-state index contributed by atoms with van der Waals surface area (Å²) in [5, 5.41) is 12.5. The van der Waals surface area contributed by atoms with Gasteiger partial charge in [-0.25, -0.2) is 0 Å². The van der Waals surface area contributed by atoms with E-state index in [4.69, 9.17) is 21.7 Å². The van der Waals surface area contributed by atoms with Crippen molar-refractivity contribution in [3.05, 3.63) is 52.0 Å². The molecule has 29 heavy (non-hydrogen) atoms. The lowest BCUT2D eigenvalue weighted by Gasteiger charge is -2.29. The Morgan fingerprint density at radius 3 is 2.55 bits per heavy atom. The van der Waals surface area contributed by atoms with Crippen molar-refractivity contribution in [2.75, 3.05) is 18.6 Å². The molecular formula is C20H17BrN2O5S. The van der Waals surface area contributed by atoms with Crippen molar-refractivity contribution in [1.29, 1.82) is 0 Å². The summed E-state index contributed by atoms with van der Waals surface area (Å²) in [6.45, 7) is 2.40. The molecule has 9 heteroatoms. The van der Waals surface area contributed by atoms with Crippen molar-refractivity contribution in [2.24, 2.45) is 0 Å². The van der Waals surface area contributed by atoms with E-state index in [0.29, 0.717) is 28.1 Å². The van der Waals surface area contributed by atoms with Crippen molar-refractivity contribution < 1.29 is 24.2 Å². The number of thiocarbonyl (C=S) groups is 1. The topological polar surface area (TPSA) is 88.1 Å². The molecule has 3 rings (SSSR count). The van der Waals surface area contributed by atoms with Crippen LogP contribution in [0.1, 0.15) is 12.5 Å². The Balaban J connectivity index is 1.99. The van der Waals surface area contributed by atoms with E-state index >= 15 is 0 Å². The van der Waals surface area contributed by atoms with Gasteiger partial charge in [0.2, 0.25) is 0 Å². The molecule has 0 bridgehead atoms. The lowest BCUT2D eigenvalue weighted by atomic mass is 10.1. The van der Waals surface area contributed by atoms with E-state index in [1.807, 2.05) is 6.92 Å². The van der Waals surface area contributed by atoms with Gasteiger partial charge in [-0.05, 0) is 83.1 Å². The second kappa shape index (κ2) is 8.62. The fourth-order valence-electron chi connectivity index (χ4n) is 2.75. The number of carbonyl (C=O) groups is 2. The molecule has 7 nitrogen and oxygen atoms in total. The molecule has 1 saturated heterocycles. The molecule has 1 aliphatic heterocycles. The number of anilines is 1. The molecule has 1 heterocycles. The summed E-state index contributed by atoms with van der Waals surface area (Å²) >= 11 is 8.42. The average molecular weight is 477 g/mol. The fraction of sp³-hybridized carbons (Fsp3) is 0.150. The molecule has 2 N–H and O–H groups in total. The Morgan fingerprint density at radius 2 is 1.93 bits per heavy atom. The molecule has 0 saturated carbocycles. The second-order valence-corrected chi connectivity index (χ2v) is 7.18. The number of benzene rings is 2. The van der Waals surface area contributed by atoms with Gasteiger partial charge in [0.25, 0.3) is 11.8 Å². The highest BCUT2D eigenvalue weighted by Crippen LogP contribution is 2.36. The average Bonchev–Trinajstić information content (AvgIpc) is 2.69. The predicted molar refractivity (Wildman–Crippen MR) is 116 cm³/mol. The third-order valence-electron chi connectivity index (χ3n) is 4.09. The molecule has 0 unspecified atom stereocenters. The van der Waals surface area contributed by atoms with Crippen LogP contribution in [0.4, 0.5) is 5.69 Å². The maximum Gasteiger partial charge on any atom is 0.270 e. The number of ether oxygens (including phenoxy) is 2. The first-order valence-electron chi connectivity index (χ1n) is 8.56. The van der Waals surface area contributed by atoms with Crippen molar-refractivity contribution in [1.82, 2.24) is 5.32 Å². The first-order valence-corrected chi connectivity index (χ1v) is 9.76. The molecule has 150 valence electrons. The predicted octanol–water partition coefficient (Wildman–Crippen LogP) is 3.39. The van der Waals surface area contributed by atoms with Crippen LogP contribution in [0.5, 0.6) is 17.2 Å². The minimum absolute atomic E-state index is 0.00854. The molecule has 2 aromatic carbocycles. The number of nitrogens with zero attached hydrogens (tertiary/aromatic N) is 1. The van der Waals surface area contributed by atoms with Crippen LogP contribution in [0.25, 0.3) is 6.08 Å². The number of hydrogen-bond acceptors (Lipinski definition) is 6. The maximum atomic E-state index is 13.1. The Labute approximate surface area is 181 Å². The van der Waals surface area contributed by atoms with Gasteiger partial charge in [-0.2, -0.15) is 0 Å². The number of aromatic hydroxyl groups is 1. The number of phenolic OH excluding ortho intramolecular Hbond substituents is 1. The summed E-state index contributed by atoms with van der Waals surface area (Å²) in [5.74, 6) is -0.385. The Hall–Kier alpha value is -2.91. The van der Waals surface area contributed by atoms with Gasteiger partial charge in [-0.1, -0.05) is 0 Å². The van der Waals surface area contributed by atoms with Crippen LogP contribution < -0.4 is 19.7 Å². The molecule has 0 aromatic heterocycles. The monoisotopic (exact) mass is 476 g/mol. The number of carbonyl (C=O) groups excluding carboxylic acids is 2. The SMILES string of the molecule is CCOc1ccc(N2C(=O)/C(=C/c3cc(Br)c(O)c(OC)c3)C(=O)NC2=S)cc1. The highest BCUT2D eigenvalue weighted by molar-refractivity contribution is 9.10. The van der Waals surface area contributed by atoms with Crippen molar-refractivity contribution in [2.45, 2.75) is 6.92 Å². The van der Waals surface area contributed by atoms with Crippen LogP contribution in [-0.2, 0) is 9.59 Å². The summed E-state index contributed by atoms with van der Waals surface area (Å²) in [6, 6.07) is 9.89. The number of phenols is 1. The van der Waals surface area contributed by atoms with Gasteiger partial charge in [-0.3, -0.25) is 19.8 Å². The van der Waals surface area contributed by atoms with Gasteiger partial charge in [-0.15, -0.1) is 0 Å². The van der Waals surface area contributed by atoms with E-state index in [-0.39, 0.29) is 22.2 Å². The minimum Gasteiger partial charge on any atom is -0.503 e. The van der Waals surface area contributed by atoms with E-state index in [1.165, 1.54) is 24.2 Å². The molecule has 0 atom stereocenters. The highest BCUT2D eigenvalue weighted by atomic mass is 79.9. The van der Waals surface area contributed by atoms with E-state index in [1.54, 1.807) is 30.3 Å². The zero-order chi connectivity index (χ0) is 21.1. The zero-order valence-corrected chi connectivity index (χ0v) is 18.0. The Kier molecular flexibility index (Phi) is 6.19. The number of hydrogen-bond donors (Lipinski definition) is 2. The van der Waals surface area contributed by atoms with Gasteiger partial charge < -0.3 is 14.6 Å². The van der Waals surface area contributed by atoms with Gasteiger partial charge >= 0.3 is 0 Å². The van der Waals surface area contributed by atoms with Gasteiger partial charge in [0.05, 0.1) is 23.9 Å². The van der Waals surface area contributed by atoms with Gasteiger partial charge in [0, 0.05) is 0 Å². The molecule has 0 aliphatic carbocycles. The molecular weight excluding hydrogens is 460 g/mol. The molecule has 1 aliphatic rings. The maximum absolute atomic E-state index is 13.1. The number of methoxy groups -OCH3 is 1. The second-order valence-electron chi connectivity index (χ2n) is 5.94. The van der Waals surface area contributed by atoms with E-state index in [0.717, 1.165) is 0 Å². The smallest absolute Gasteiger partial charge is 0.270 e. The van der Waals surface area contributed by atoms with Crippen LogP contribution in [0.15, 0.2) is 46.4 Å². The lowest BCUT2D eigenvalue weighted by Crippen LogP contribution is -2.54. The van der Waals surface area contributed by atoms with Crippen LogP contribution in [0.3, 0.4) is 0 Å². The minimum atomic E-state index is -0.606. The molecule has 1 fully saturated rings. The van der Waals surface area contributed by atoms with Crippen LogP contribution >= 0.6 is 28.1 Å². The highest BCUT2D eigenvalue weighted by Gasteiger charge is 2.34. The third kappa shape index (κ3) is 4.25. The summed E-state index contributed by atoms with van der Waals surface area (Å²) < 4.78 is 10.9. The Morgan fingerprint density at radius 1 is 1.24 bits per heavy atom. The summed E-state index contributed by atoms with van der Waals surface area (Å²) in [7, 11) is 1.41. The fourth-order valence-corrected chi connectivity index (χ4v) is 3.49. The number of rotatable bonds is 5. The van der Waals surface area contributed by atoms with Crippen LogP contribution in [-0.4, -0.2) is 35.8 Å². The van der Waals surface area contributed by atoms with E-state index < -0.39 is 11.8 Å². The quantitative estimate of drug-likeness (QED) is 0.390. The third-order valence-corrected chi connectivity index (χ3v) is 4.98. The van der Waals surface area contributed by atoms with E-state index in [9.17, 15) is 14.7 Å². The largest absolute Gasteiger partial charge is 0.503 e. The molecule has 0 radical (unpaired) electrons. The summed E-state index contributed by atoms with van der Waals surface area (Å²) in [5.41, 5.74) is 0.885. The lowest BCUT2D eigenvalue weighted by molar-refractivity contribution is -0.122. The van der Waals surface area contributed by atoms with Crippen molar-refractivity contribution in [3.8, 4) is 17.2 Å². The van der Waals surface area contributed by atoms with Crippen LogP contribution in [0.2, 0.25) is 0 Å². The first kappa shape index (κ1) is 20.8. The molecule has 0 spiro atoms. The number of nitrogens with one attached hydrogen (secondary N) is 1. The van der Waals surface area contributed by atoms with Crippen molar-refractivity contribution in [3.63, 3.8) is 0 Å². The van der Waals surface area contributed by atoms with Gasteiger partial charge in [0.15, 0.2) is 16.6 Å². The standard InChI is InChI=1S/C20H17BrN2O5S/c1-3-28-13-6-4-12(5-7-13)23-19(26)14(18(25)22-20(23)29)8-11-9-15(21)17(24)16(10-11)27-2/h4-10,24H,3H2,1-2H3,(H,22,25,29)/b14-8+. The van der Waals surface area contributed by atoms with E-state index in [2.05, 4.69) is 21.2 Å². The molecule has 2 aromatic rings. The zero-order valence-electron chi connectivity index (χ0n) is 15.6. The number of halogens is 1. The summed E-state index contributed by atoms with van der Waals surface area (Å²) in [6.07, 6.45) is 1.41. The van der Waals surface area contributed by atoms with Crippen LogP contribution in [0, 0.1) is 0 Å². The normalized spacial score (nSPS) is 15.5.